The summed E-state index contributed by atoms with van der Waals surface area (Å²) in [6, 6.07) is 3.13. The van der Waals surface area contributed by atoms with Gasteiger partial charge in [-0.3, -0.25) is 10.1 Å². The summed E-state index contributed by atoms with van der Waals surface area (Å²) in [7, 11) is 0. The van der Waals surface area contributed by atoms with Crippen molar-refractivity contribution < 1.29 is 9.34 Å². The third-order valence-corrected chi connectivity index (χ3v) is 2.59. The first-order chi connectivity index (χ1) is 7.17. The Morgan fingerprint density at radius 1 is 1.47 bits per heavy atom. The van der Waals surface area contributed by atoms with E-state index in [-0.39, 0.29) is 5.88 Å². The molecule has 0 aliphatic rings. The van der Waals surface area contributed by atoms with Crippen LogP contribution in [0.25, 0.3) is 0 Å². The van der Waals surface area contributed by atoms with E-state index in [0.29, 0.717) is 5.92 Å². The van der Waals surface area contributed by atoms with Crippen LogP contribution in [0.3, 0.4) is 0 Å². The molecule has 0 fully saturated rings. The predicted molar refractivity (Wildman–Crippen MR) is 57.8 cm³/mol. The molecule has 1 rings (SSSR count). The molecule has 1 aromatic heterocycles. The maximum atomic E-state index is 10.4. The fourth-order valence-electron chi connectivity index (χ4n) is 1.72. The van der Waals surface area contributed by atoms with Crippen molar-refractivity contribution >= 4 is 5.88 Å². The Balaban J connectivity index is 2.59. The minimum absolute atomic E-state index is 0.156. The van der Waals surface area contributed by atoms with Gasteiger partial charge in [-0.05, 0) is 12.0 Å². The monoisotopic (exact) mass is 211 g/mol. The Morgan fingerprint density at radius 3 is 2.67 bits per heavy atom. The van der Waals surface area contributed by atoms with Crippen LogP contribution in [0.15, 0.2) is 16.5 Å². The molecule has 0 amide bonds. The molecule has 0 saturated carbocycles. The van der Waals surface area contributed by atoms with E-state index in [9.17, 15) is 10.1 Å². The molecule has 0 aliphatic carbocycles. The van der Waals surface area contributed by atoms with Crippen molar-refractivity contribution in [1.82, 2.24) is 0 Å². The summed E-state index contributed by atoms with van der Waals surface area (Å²) in [5.41, 5.74) is 0. The van der Waals surface area contributed by atoms with Gasteiger partial charge < -0.3 is 4.42 Å². The second-order valence-electron chi connectivity index (χ2n) is 3.76. The molecule has 1 unspecified atom stereocenters. The Labute approximate surface area is 89.4 Å². The Morgan fingerprint density at radius 2 is 2.20 bits per heavy atom. The van der Waals surface area contributed by atoms with Gasteiger partial charge in [-0.15, -0.1) is 0 Å². The van der Waals surface area contributed by atoms with Gasteiger partial charge in [0.15, 0.2) is 0 Å². The van der Waals surface area contributed by atoms with Crippen LogP contribution < -0.4 is 0 Å². The largest absolute Gasteiger partial charge is 0.433 e. The smallest absolute Gasteiger partial charge is 0.406 e. The lowest BCUT2D eigenvalue weighted by Gasteiger charge is -2.10. The van der Waals surface area contributed by atoms with Gasteiger partial charge in [0.2, 0.25) is 0 Å². The molecule has 1 heterocycles. The lowest BCUT2D eigenvalue weighted by molar-refractivity contribution is -0.402. The molecule has 1 aromatic rings. The van der Waals surface area contributed by atoms with E-state index in [0.717, 1.165) is 31.4 Å². The molecule has 1 atom stereocenters. The molecule has 0 aromatic carbocycles. The molecular weight excluding hydrogens is 194 g/mol. The van der Waals surface area contributed by atoms with Gasteiger partial charge in [-0.25, -0.2) is 0 Å². The number of furan rings is 1. The van der Waals surface area contributed by atoms with Crippen LogP contribution in [0, 0.1) is 16.0 Å². The molecule has 0 N–H and O–H groups in total. The lowest BCUT2D eigenvalue weighted by atomic mass is 9.96. The zero-order chi connectivity index (χ0) is 11.3. The normalized spacial score (nSPS) is 12.7. The van der Waals surface area contributed by atoms with Crippen LogP contribution in [0.1, 0.15) is 38.9 Å². The summed E-state index contributed by atoms with van der Waals surface area (Å²) in [6.45, 7) is 4.28. The molecular formula is C11H17NO3. The first-order valence-corrected chi connectivity index (χ1v) is 5.40. The lowest BCUT2D eigenvalue weighted by Crippen LogP contribution is -2.01. The summed E-state index contributed by atoms with van der Waals surface area (Å²) in [4.78, 5) is 9.91. The minimum Gasteiger partial charge on any atom is -0.406 e. The van der Waals surface area contributed by atoms with Crippen molar-refractivity contribution in [2.75, 3.05) is 0 Å². The van der Waals surface area contributed by atoms with Crippen molar-refractivity contribution in [3.8, 4) is 0 Å². The maximum absolute atomic E-state index is 10.4. The SMILES string of the molecule is CCCC(CC)Cc1ccc([N+](=O)[O-])o1. The summed E-state index contributed by atoms with van der Waals surface area (Å²) < 4.78 is 5.12. The fraction of sp³-hybridized carbons (Fsp3) is 0.636. The third-order valence-electron chi connectivity index (χ3n) is 2.59. The van der Waals surface area contributed by atoms with E-state index in [1.165, 1.54) is 6.07 Å². The van der Waals surface area contributed by atoms with Crippen LogP contribution in [0.2, 0.25) is 0 Å². The minimum atomic E-state index is -0.496. The topological polar surface area (TPSA) is 56.3 Å². The summed E-state index contributed by atoms with van der Waals surface area (Å²) in [6.07, 6.45) is 4.17. The Hall–Kier alpha value is -1.32. The molecule has 0 spiro atoms. The van der Waals surface area contributed by atoms with Crippen LogP contribution in [0.4, 0.5) is 5.88 Å². The zero-order valence-corrected chi connectivity index (χ0v) is 9.23. The van der Waals surface area contributed by atoms with Gasteiger partial charge in [0.05, 0.1) is 6.07 Å². The molecule has 4 heteroatoms. The standard InChI is InChI=1S/C11H17NO3/c1-3-5-9(4-2)8-10-6-7-11(15-10)12(13)14/h6-7,9H,3-5,8H2,1-2H3. The fourth-order valence-corrected chi connectivity index (χ4v) is 1.72. The van der Waals surface area contributed by atoms with Crippen molar-refractivity contribution in [3.63, 3.8) is 0 Å². The Kier molecular flexibility index (Phi) is 4.34. The first-order valence-electron chi connectivity index (χ1n) is 5.40. The summed E-state index contributed by atoms with van der Waals surface area (Å²) in [5.74, 6) is 1.14. The van der Waals surface area contributed by atoms with E-state index < -0.39 is 4.92 Å². The number of nitro groups is 1. The number of rotatable bonds is 6. The highest BCUT2D eigenvalue weighted by molar-refractivity contribution is 5.18. The molecule has 0 bridgehead atoms. The van der Waals surface area contributed by atoms with Crippen molar-refractivity contribution in [2.45, 2.75) is 39.5 Å². The van der Waals surface area contributed by atoms with Gasteiger partial charge in [0, 0.05) is 6.42 Å². The van der Waals surface area contributed by atoms with Crippen molar-refractivity contribution in [2.24, 2.45) is 5.92 Å². The van der Waals surface area contributed by atoms with E-state index >= 15 is 0 Å². The molecule has 0 radical (unpaired) electrons. The van der Waals surface area contributed by atoms with Crippen LogP contribution in [0.5, 0.6) is 0 Å². The van der Waals surface area contributed by atoms with Crippen molar-refractivity contribution in [3.05, 3.63) is 28.0 Å². The van der Waals surface area contributed by atoms with Gasteiger partial charge in [0.1, 0.15) is 10.7 Å². The molecule has 15 heavy (non-hydrogen) atoms. The van der Waals surface area contributed by atoms with Gasteiger partial charge >= 0.3 is 5.88 Å². The molecule has 0 saturated heterocycles. The second-order valence-corrected chi connectivity index (χ2v) is 3.76. The van der Waals surface area contributed by atoms with Gasteiger partial charge in [-0.2, -0.15) is 0 Å². The van der Waals surface area contributed by atoms with E-state index in [4.69, 9.17) is 4.42 Å². The second kappa shape index (κ2) is 5.53. The van der Waals surface area contributed by atoms with Crippen LogP contribution >= 0.6 is 0 Å². The van der Waals surface area contributed by atoms with Gasteiger partial charge in [0.25, 0.3) is 0 Å². The molecule has 4 nitrogen and oxygen atoms in total. The predicted octanol–water partition coefficient (Wildman–Crippen LogP) is 3.56. The first kappa shape index (κ1) is 11.8. The number of hydrogen-bond donors (Lipinski definition) is 0. The van der Waals surface area contributed by atoms with E-state index in [2.05, 4.69) is 13.8 Å². The third kappa shape index (κ3) is 3.38. The Bertz CT molecular complexity index is 319. The summed E-state index contributed by atoms with van der Waals surface area (Å²) in [5, 5.41) is 10.4. The van der Waals surface area contributed by atoms with E-state index in [1.807, 2.05) is 0 Å². The van der Waals surface area contributed by atoms with Crippen LogP contribution in [-0.4, -0.2) is 4.92 Å². The van der Waals surface area contributed by atoms with E-state index in [1.54, 1.807) is 6.07 Å². The molecule has 84 valence electrons. The quantitative estimate of drug-likeness (QED) is 0.534. The maximum Gasteiger partial charge on any atom is 0.433 e. The average Bonchev–Trinajstić information content (AvgIpc) is 2.65. The van der Waals surface area contributed by atoms with Gasteiger partial charge in [-0.1, -0.05) is 33.1 Å². The van der Waals surface area contributed by atoms with Crippen LogP contribution in [-0.2, 0) is 6.42 Å². The highest BCUT2D eigenvalue weighted by Gasteiger charge is 2.14. The molecule has 0 aliphatic heterocycles. The number of hydrogen-bond acceptors (Lipinski definition) is 3. The summed E-state index contributed by atoms with van der Waals surface area (Å²) >= 11 is 0. The van der Waals surface area contributed by atoms with Crippen molar-refractivity contribution in [1.29, 1.82) is 0 Å². The highest BCUT2D eigenvalue weighted by atomic mass is 16.6. The number of nitrogens with zero attached hydrogens (tertiary/aromatic N) is 1. The highest BCUT2D eigenvalue weighted by Crippen LogP contribution is 2.22. The zero-order valence-electron chi connectivity index (χ0n) is 9.23. The average molecular weight is 211 g/mol.